The number of hydrogen-bond donors (Lipinski definition) is 0. The van der Waals surface area contributed by atoms with Crippen molar-refractivity contribution in [3.05, 3.63) is 113 Å². The normalized spacial score (nSPS) is 19.4. The molecular weight excluding hydrogens is 308 g/mol. The highest BCUT2D eigenvalue weighted by Crippen LogP contribution is 2.43. The Balaban J connectivity index is 1.92. The summed E-state index contributed by atoms with van der Waals surface area (Å²) >= 11 is 0. The molecule has 0 saturated heterocycles. The second kappa shape index (κ2) is 6.06. The molecule has 2 heteroatoms. The Hall–Kier alpha value is -3.13. The number of esters is 1. The number of benzene rings is 3. The number of ether oxygens (including phenoxy) is 1. The Morgan fingerprint density at radius 1 is 0.720 bits per heavy atom. The SMILES string of the molecule is Cc1ccc(C2(c3ccccc3)C=C(c3ccccc3)C(=O)O2)cc1. The Bertz CT molecular complexity index is 925. The van der Waals surface area contributed by atoms with E-state index in [4.69, 9.17) is 4.74 Å². The van der Waals surface area contributed by atoms with E-state index >= 15 is 0 Å². The molecule has 1 atom stereocenters. The number of carbonyl (C=O) groups is 1. The largest absolute Gasteiger partial charge is 0.441 e. The van der Waals surface area contributed by atoms with Gasteiger partial charge in [0.25, 0.3) is 0 Å². The molecule has 1 heterocycles. The predicted octanol–water partition coefficient (Wildman–Crippen LogP) is 4.88. The van der Waals surface area contributed by atoms with Crippen molar-refractivity contribution in [3.8, 4) is 0 Å². The summed E-state index contributed by atoms with van der Waals surface area (Å²) in [5.41, 5.74) is 3.64. The second-order valence-electron chi connectivity index (χ2n) is 6.28. The van der Waals surface area contributed by atoms with Gasteiger partial charge in [-0.3, -0.25) is 0 Å². The fraction of sp³-hybridized carbons (Fsp3) is 0.0870. The lowest BCUT2D eigenvalue weighted by Crippen LogP contribution is -2.27. The second-order valence-corrected chi connectivity index (χ2v) is 6.28. The molecule has 0 aliphatic carbocycles. The average molecular weight is 326 g/mol. The Morgan fingerprint density at radius 2 is 1.28 bits per heavy atom. The van der Waals surface area contributed by atoms with Gasteiger partial charge in [0, 0.05) is 11.1 Å². The summed E-state index contributed by atoms with van der Waals surface area (Å²) in [6, 6.07) is 27.7. The lowest BCUT2D eigenvalue weighted by Gasteiger charge is -2.27. The quantitative estimate of drug-likeness (QED) is 0.641. The molecule has 0 spiro atoms. The summed E-state index contributed by atoms with van der Waals surface area (Å²) in [6.07, 6.45) is 1.95. The minimum absolute atomic E-state index is 0.296. The third-order valence-electron chi connectivity index (χ3n) is 4.59. The maximum Gasteiger partial charge on any atom is 0.340 e. The fourth-order valence-electron chi connectivity index (χ4n) is 3.25. The van der Waals surface area contributed by atoms with Crippen molar-refractivity contribution in [1.29, 1.82) is 0 Å². The number of hydrogen-bond acceptors (Lipinski definition) is 2. The van der Waals surface area contributed by atoms with Gasteiger partial charge in [-0.25, -0.2) is 4.79 Å². The van der Waals surface area contributed by atoms with Gasteiger partial charge in [0.2, 0.25) is 0 Å². The van der Waals surface area contributed by atoms with E-state index < -0.39 is 5.60 Å². The molecule has 4 rings (SSSR count). The van der Waals surface area contributed by atoms with Crippen LogP contribution in [-0.2, 0) is 15.1 Å². The van der Waals surface area contributed by atoms with Crippen LogP contribution in [0.4, 0.5) is 0 Å². The average Bonchev–Trinajstić information content (AvgIpc) is 3.02. The monoisotopic (exact) mass is 326 g/mol. The van der Waals surface area contributed by atoms with Gasteiger partial charge in [-0.15, -0.1) is 0 Å². The molecule has 0 N–H and O–H groups in total. The van der Waals surface area contributed by atoms with Crippen LogP contribution < -0.4 is 0 Å². The molecule has 3 aromatic carbocycles. The zero-order valence-electron chi connectivity index (χ0n) is 14.0. The highest BCUT2D eigenvalue weighted by atomic mass is 16.6. The van der Waals surface area contributed by atoms with E-state index in [-0.39, 0.29) is 5.97 Å². The molecule has 0 amide bonds. The standard InChI is InChI=1S/C23H18O2/c1-17-12-14-20(15-13-17)23(19-10-6-3-7-11-19)16-21(22(24)25-23)18-8-4-2-5-9-18/h2-16H,1H3. The summed E-state index contributed by atoms with van der Waals surface area (Å²) in [5.74, 6) is -0.296. The Kier molecular flexibility index (Phi) is 3.73. The number of cyclic esters (lactones) is 1. The summed E-state index contributed by atoms with van der Waals surface area (Å²) in [5, 5.41) is 0. The minimum atomic E-state index is -0.892. The van der Waals surface area contributed by atoms with Gasteiger partial charge in [0.1, 0.15) is 0 Å². The maximum absolute atomic E-state index is 12.7. The first-order valence-electron chi connectivity index (χ1n) is 8.33. The fourth-order valence-corrected chi connectivity index (χ4v) is 3.25. The van der Waals surface area contributed by atoms with Gasteiger partial charge >= 0.3 is 5.97 Å². The van der Waals surface area contributed by atoms with Crippen molar-refractivity contribution in [2.75, 3.05) is 0 Å². The molecule has 3 aromatic rings. The van der Waals surface area contributed by atoms with E-state index in [1.807, 2.05) is 97.9 Å². The van der Waals surface area contributed by atoms with Crippen molar-refractivity contribution in [2.45, 2.75) is 12.5 Å². The topological polar surface area (TPSA) is 26.3 Å². The van der Waals surface area contributed by atoms with E-state index in [0.29, 0.717) is 5.57 Å². The predicted molar refractivity (Wildman–Crippen MR) is 98.9 cm³/mol. The van der Waals surface area contributed by atoms with E-state index in [1.165, 1.54) is 5.56 Å². The van der Waals surface area contributed by atoms with Gasteiger partial charge in [-0.05, 0) is 18.6 Å². The van der Waals surface area contributed by atoms with Crippen LogP contribution in [0.2, 0.25) is 0 Å². The molecule has 1 unspecified atom stereocenters. The number of rotatable bonds is 3. The lowest BCUT2D eigenvalue weighted by atomic mass is 9.85. The van der Waals surface area contributed by atoms with Gasteiger partial charge in [0.15, 0.2) is 5.60 Å². The maximum atomic E-state index is 12.7. The molecule has 0 saturated carbocycles. The molecule has 1 aliphatic rings. The van der Waals surface area contributed by atoms with E-state index in [0.717, 1.165) is 16.7 Å². The third-order valence-corrected chi connectivity index (χ3v) is 4.59. The third kappa shape index (κ3) is 2.66. The number of aryl methyl sites for hydroxylation is 1. The summed E-state index contributed by atoms with van der Waals surface area (Å²) < 4.78 is 6.00. The zero-order chi connectivity index (χ0) is 17.3. The summed E-state index contributed by atoms with van der Waals surface area (Å²) in [4.78, 5) is 12.7. The molecule has 1 aliphatic heterocycles. The molecule has 122 valence electrons. The van der Waals surface area contributed by atoms with E-state index in [1.54, 1.807) is 0 Å². The van der Waals surface area contributed by atoms with Crippen LogP contribution in [0.25, 0.3) is 5.57 Å². The van der Waals surface area contributed by atoms with Crippen LogP contribution in [0.5, 0.6) is 0 Å². The summed E-state index contributed by atoms with van der Waals surface area (Å²) in [6.45, 7) is 2.05. The van der Waals surface area contributed by atoms with Crippen LogP contribution >= 0.6 is 0 Å². The number of carbonyl (C=O) groups excluding carboxylic acids is 1. The van der Waals surface area contributed by atoms with Crippen LogP contribution in [-0.4, -0.2) is 5.97 Å². The van der Waals surface area contributed by atoms with Crippen LogP contribution in [0.15, 0.2) is 91.0 Å². The van der Waals surface area contributed by atoms with Crippen molar-refractivity contribution >= 4 is 11.5 Å². The van der Waals surface area contributed by atoms with Crippen LogP contribution in [0, 0.1) is 6.92 Å². The lowest BCUT2D eigenvalue weighted by molar-refractivity contribution is -0.142. The van der Waals surface area contributed by atoms with Crippen molar-refractivity contribution in [2.24, 2.45) is 0 Å². The molecular formula is C23H18O2. The molecule has 0 aromatic heterocycles. The van der Waals surface area contributed by atoms with Crippen molar-refractivity contribution < 1.29 is 9.53 Å². The molecule has 2 nitrogen and oxygen atoms in total. The van der Waals surface area contributed by atoms with Gasteiger partial charge < -0.3 is 4.74 Å². The summed E-state index contributed by atoms with van der Waals surface area (Å²) in [7, 11) is 0. The first-order chi connectivity index (χ1) is 12.2. The van der Waals surface area contributed by atoms with Gasteiger partial charge in [0.05, 0.1) is 5.57 Å². The highest BCUT2D eigenvalue weighted by Gasteiger charge is 2.43. The highest BCUT2D eigenvalue weighted by molar-refractivity contribution is 6.19. The van der Waals surface area contributed by atoms with Gasteiger partial charge in [-0.2, -0.15) is 0 Å². The molecule has 25 heavy (non-hydrogen) atoms. The Labute approximate surface area is 147 Å². The van der Waals surface area contributed by atoms with Crippen LogP contribution in [0.3, 0.4) is 0 Å². The molecule has 0 fully saturated rings. The molecule has 0 bridgehead atoms. The van der Waals surface area contributed by atoms with Crippen molar-refractivity contribution in [1.82, 2.24) is 0 Å². The minimum Gasteiger partial charge on any atom is -0.441 e. The first kappa shape index (κ1) is 15.4. The van der Waals surface area contributed by atoms with Crippen molar-refractivity contribution in [3.63, 3.8) is 0 Å². The Morgan fingerprint density at radius 3 is 1.92 bits per heavy atom. The van der Waals surface area contributed by atoms with Gasteiger partial charge in [-0.1, -0.05) is 90.5 Å². The van der Waals surface area contributed by atoms with E-state index in [9.17, 15) is 4.79 Å². The van der Waals surface area contributed by atoms with Crippen LogP contribution in [0.1, 0.15) is 22.3 Å². The van der Waals surface area contributed by atoms with E-state index in [2.05, 4.69) is 0 Å². The smallest absolute Gasteiger partial charge is 0.340 e. The zero-order valence-corrected chi connectivity index (χ0v) is 14.0. The molecule has 0 radical (unpaired) electrons. The first-order valence-corrected chi connectivity index (χ1v) is 8.33.